The van der Waals surface area contributed by atoms with Gasteiger partial charge in [-0.3, -0.25) is 14.4 Å². The maximum absolute atomic E-state index is 12.0. The highest BCUT2D eigenvalue weighted by Crippen LogP contribution is 2.21. The van der Waals surface area contributed by atoms with E-state index in [0.717, 1.165) is 12.8 Å². The van der Waals surface area contributed by atoms with Crippen molar-refractivity contribution in [2.45, 2.75) is 53.0 Å². The van der Waals surface area contributed by atoms with Gasteiger partial charge < -0.3 is 10.2 Å². The second kappa shape index (κ2) is 7.41. The summed E-state index contributed by atoms with van der Waals surface area (Å²) in [5, 5.41) is 2.73. The quantitative estimate of drug-likeness (QED) is 0.767. The number of carbonyl (C=O) groups excluding carboxylic acids is 3. The van der Waals surface area contributed by atoms with Crippen molar-refractivity contribution in [2.75, 3.05) is 13.1 Å². The standard InChI is InChI=1S/C15H26N2O3/c1-5-6-12-7-14(20)17(8-12)9-13(19)16-15(10(2)3)11(4)18/h10,12,15H,5-9H2,1-4H3,(H,16,19). The molecule has 5 nitrogen and oxygen atoms in total. The Balaban J connectivity index is 2.50. The number of carbonyl (C=O) groups is 3. The molecule has 2 unspecified atom stereocenters. The van der Waals surface area contributed by atoms with E-state index >= 15 is 0 Å². The van der Waals surface area contributed by atoms with Gasteiger partial charge in [-0.1, -0.05) is 27.2 Å². The van der Waals surface area contributed by atoms with Crippen LogP contribution in [0.3, 0.4) is 0 Å². The molecule has 1 N–H and O–H groups in total. The van der Waals surface area contributed by atoms with Crippen LogP contribution in [0.5, 0.6) is 0 Å². The lowest BCUT2D eigenvalue weighted by Crippen LogP contribution is -2.47. The van der Waals surface area contributed by atoms with Gasteiger partial charge in [-0.25, -0.2) is 0 Å². The van der Waals surface area contributed by atoms with Gasteiger partial charge in [0.05, 0.1) is 12.6 Å². The number of Topliss-reactive ketones (excluding diaryl/α,β-unsaturated/α-hetero) is 1. The largest absolute Gasteiger partial charge is 0.345 e. The van der Waals surface area contributed by atoms with Gasteiger partial charge >= 0.3 is 0 Å². The highest BCUT2D eigenvalue weighted by Gasteiger charge is 2.31. The Hall–Kier alpha value is -1.39. The third-order valence-electron chi connectivity index (χ3n) is 3.75. The van der Waals surface area contributed by atoms with Crippen LogP contribution in [0.4, 0.5) is 0 Å². The predicted octanol–water partition coefficient (Wildman–Crippen LogP) is 1.36. The first kappa shape index (κ1) is 16.7. The van der Waals surface area contributed by atoms with E-state index in [1.807, 2.05) is 13.8 Å². The molecule has 5 heteroatoms. The second-order valence-electron chi connectivity index (χ2n) is 6.03. The van der Waals surface area contributed by atoms with Crippen molar-refractivity contribution in [3.05, 3.63) is 0 Å². The van der Waals surface area contributed by atoms with E-state index in [2.05, 4.69) is 12.2 Å². The van der Waals surface area contributed by atoms with Gasteiger partial charge in [-0.15, -0.1) is 0 Å². The van der Waals surface area contributed by atoms with Crippen LogP contribution in [0.15, 0.2) is 0 Å². The second-order valence-corrected chi connectivity index (χ2v) is 6.03. The monoisotopic (exact) mass is 282 g/mol. The van der Waals surface area contributed by atoms with Crippen LogP contribution < -0.4 is 5.32 Å². The highest BCUT2D eigenvalue weighted by molar-refractivity contribution is 5.90. The summed E-state index contributed by atoms with van der Waals surface area (Å²) in [4.78, 5) is 36.9. The molecular formula is C15H26N2O3. The van der Waals surface area contributed by atoms with Gasteiger partial charge in [0.15, 0.2) is 5.78 Å². The third-order valence-corrected chi connectivity index (χ3v) is 3.75. The van der Waals surface area contributed by atoms with E-state index in [0.29, 0.717) is 18.9 Å². The average molecular weight is 282 g/mol. The molecule has 20 heavy (non-hydrogen) atoms. The van der Waals surface area contributed by atoms with E-state index in [4.69, 9.17) is 0 Å². The van der Waals surface area contributed by atoms with Crippen molar-refractivity contribution in [1.82, 2.24) is 10.2 Å². The molecular weight excluding hydrogens is 256 g/mol. The molecule has 2 amide bonds. The maximum Gasteiger partial charge on any atom is 0.240 e. The minimum absolute atomic E-state index is 0.0440. The van der Waals surface area contributed by atoms with Gasteiger partial charge in [0.2, 0.25) is 11.8 Å². The summed E-state index contributed by atoms with van der Waals surface area (Å²) >= 11 is 0. The molecule has 0 spiro atoms. The van der Waals surface area contributed by atoms with Crippen LogP contribution in [0, 0.1) is 11.8 Å². The van der Waals surface area contributed by atoms with E-state index in [-0.39, 0.29) is 30.1 Å². The van der Waals surface area contributed by atoms with Crippen molar-refractivity contribution in [2.24, 2.45) is 11.8 Å². The molecule has 0 aromatic rings. The van der Waals surface area contributed by atoms with Gasteiger partial charge in [-0.2, -0.15) is 0 Å². The molecule has 1 rings (SSSR count). The summed E-state index contributed by atoms with van der Waals surface area (Å²) in [6, 6.07) is -0.466. The minimum atomic E-state index is -0.466. The van der Waals surface area contributed by atoms with Crippen molar-refractivity contribution < 1.29 is 14.4 Å². The lowest BCUT2D eigenvalue weighted by molar-refractivity contribution is -0.134. The van der Waals surface area contributed by atoms with E-state index in [1.165, 1.54) is 6.92 Å². The number of hydrogen-bond acceptors (Lipinski definition) is 3. The summed E-state index contributed by atoms with van der Waals surface area (Å²) < 4.78 is 0. The summed E-state index contributed by atoms with van der Waals surface area (Å²) in [5.41, 5.74) is 0. The molecule has 114 valence electrons. The Bertz CT molecular complexity index is 379. The lowest BCUT2D eigenvalue weighted by Gasteiger charge is -2.22. The number of likely N-dealkylation sites (tertiary alicyclic amines) is 1. The van der Waals surface area contributed by atoms with Crippen LogP contribution in [0.2, 0.25) is 0 Å². The number of nitrogens with zero attached hydrogens (tertiary/aromatic N) is 1. The van der Waals surface area contributed by atoms with Crippen LogP contribution in [0.25, 0.3) is 0 Å². The molecule has 0 saturated carbocycles. The van der Waals surface area contributed by atoms with Crippen molar-refractivity contribution >= 4 is 17.6 Å². The topological polar surface area (TPSA) is 66.5 Å². The zero-order chi connectivity index (χ0) is 15.3. The average Bonchev–Trinajstić information content (AvgIpc) is 2.66. The van der Waals surface area contributed by atoms with Gasteiger partial charge in [0.25, 0.3) is 0 Å². The zero-order valence-electron chi connectivity index (χ0n) is 12.9. The fourth-order valence-electron chi connectivity index (χ4n) is 2.74. The van der Waals surface area contributed by atoms with Crippen LogP contribution in [0.1, 0.15) is 47.0 Å². The Labute approximate surface area is 121 Å². The van der Waals surface area contributed by atoms with Crippen LogP contribution in [-0.4, -0.2) is 41.6 Å². The molecule has 1 heterocycles. The third kappa shape index (κ3) is 4.62. The summed E-state index contributed by atoms with van der Waals surface area (Å²) in [5.74, 6) is 0.171. The molecule has 1 aliphatic rings. The Morgan fingerprint density at radius 1 is 1.40 bits per heavy atom. The fraction of sp³-hybridized carbons (Fsp3) is 0.800. The first-order valence-corrected chi connectivity index (χ1v) is 7.42. The normalized spacial score (nSPS) is 20.4. The van der Waals surface area contributed by atoms with Crippen molar-refractivity contribution in [3.63, 3.8) is 0 Å². The summed E-state index contributed by atoms with van der Waals surface area (Å²) in [6.07, 6.45) is 2.62. The molecule has 1 aliphatic heterocycles. The highest BCUT2D eigenvalue weighted by atomic mass is 16.2. The molecule has 0 aromatic carbocycles. The number of rotatable bonds is 7. The van der Waals surface area contributed by atoms with Crippen molar-refractivity contribution in [1.29, 1.82) is 0 Å². The molecule has 0 radical (unpaired) electrons. The maximum atomic E-state index is 12.0. The first-order valence-electron chi connectivity index (χ1n) is 7.42. The van der Waals surface area contributed by atoms with Gasteiger partial charge in [0.1, 0.15) is 0 Å². The molecule has 2 atom stereocenters. The Kier molecular flexibility index (Phi) is 6.17. The number of nitrogens with one attached hydrogen (secondary N) is 1. The summed E-state index contributed by atoms with van der Waals surface area (Å²) in [6.45, 7) is 8.08. The Morgan fingerprint density at radius 2 is 2.05 bits per heavy atom. The van der Waals surface area contributed by atoms with Gasteiger partial charge in [0, 0.05) is 13.0 Å². The first-order chi connectivity index (χ1) is 9.35. The predicted molar refractivity (Wildman–Crippen MR) is 77.0 cm³/mol. The van der Waals surface area contributed by atoms with Gasteiger partial charge in [-0.05, 0) is 25.2 Å². The van der Waals surface area contributed by atoms with Crippen LogP contribution >= 0.6 is 0 Å². The van der Waals surface area contributed by atoms with E-state index in [1.54, 1.807) is 4.90 Å². The zero-order valence-corrected chi connectivity index (χ0v) is 12.9. The van der Waals surface area contributed by atoms with Crippen molar-refractivity contribution in [3.8, 4) is 0 Å². The SMILES string of the molecule is CCCC1CC(=O)N(CC(=O)NC(C(C)=O)C(C)C)C1. The number of hydrogen-bond donors (Lipinski definition) is 1. The Morgan fingerprint density at radius 3 is 2.55 bits per heavy atom. The number of ketones is 1. The lowest BCUT2D eigenvalue weighted by atomic mass is 10.0. The minimum Gasteiger partial charge on any atom is -0.345 e. The van der Waals surface area contributed by atoms with E-state index in [9.17, 15) is 14.4 Å². The molecule has 1 fully saturated rings. The number of amides is 2. The summed E-state index contributed by atoms with van der Waals surface area (Å²) in [7, 11) is 0. The fourth-order valence-corrected chi connectivity index (χ4v) is 2.74. The van der Waals surface area contributed by atoms with Crippen LogP contribution in [-0.2, 0) is 14.4 Å². The smallest absolute Gasteiger partial charge is 0.240 e. The molecule has 0 aliphatic carbocycles. The van der Waals surface area contributed by atoms with E-state index < -0.39 is 6.04 Å². The molecule has 0 bridgehead atoms. The molecule has 0 aromatic heterocycles. The molecule has 1 saturated heterocycles.